The zero-order valence-corrected chi connectivity index (χ0v) is 21.0. The van der Waals surface area contributed by atoms with Crippen molar-refractivity contribution in [2.45, 2.75) is 26.8 Å². The molecule has 0 aliphatic carbocycles. The first kappa shape index (κ1) is 25.0. The maximum absolute atomic E-state index is 13.7. The Hall–Kier alpha value is -4.06. The molecule has 188 valence electrons. The SMILES string of the molecule is CCN(CC)C(=O)C1=C(C)N=c2s/c(=C\C3C(=O)NC(=O)NC3=O)c(=O)n2[C@H]1c1ccccc1OC. The summed E-state index contributed by atoms with van der Waals surface area (Å²) < 4.78 is 7.04. The number of hydrogen-bond donors (Lipinski definition) is 2. The van der Waals surface area contributed by atoms with Crippen LogP contribution in [0.4, 0.5) is 4.79 Å². The van der Waals surface area contributed by atoms with E-state index in [-0.39, 0.29) is 10.4 Å². The van der Waals surface area contributed by atoms with Gasteiger partial charge in [-0.25, -0.2) is 9.79 Å². The Morgan fingerprint density at radius 2 is 1.78 bits per heavy atom. The van der Waals surface area contributed by atoms with Crippen molar-refractivity contribution in [3.63, 3.8) is 0 Å². The first-order chi connectivity index (χ1) is 17.2. The predicted molar refractivity (Wildman–Crippen MR) is 131 cm³/mol. The average Bonchev–Trinajstić information content (AvgIpc) is 3.15. The van der Waals surface area contributed by atoms with Crippen LogP contribution < -0.4 is 30.3 Å². The second kappa shape index (κ2) is 9.90. The minimum atomic E-state index is -1.37. The number of ether oxygens (including phenoxy) is 1. The summed E-state index contributed by atoms with van der Waals surface area (Å²) in [5.74, 6) is -2.79. The number of carbonyl (C=O) groups excluding carboxylic acids is 4. The van der Waals surface area contributed by atoms with Crippen molar-refractivity contribution in [2.24, 2.45) is 10.9 Å². The highest BCUT2D eigenvalue weighted by Crippen LogP contribution is 2.35. The van der Waals surface area contributed by atoms with Crippen LogP contribution in [-0.2, 0) is 14.4 Å². The number of nitrogens with one attached hydrogen (secondary N) is 2. The van der Waals surface area contributed by atoms with Gasteiger partial charge in [0.1, 0.15) is 17.7 Å². The van der Waals surface area contributed by atoms with E-state index in [9.17, 15) is 24.0 Å². The predicted octanol–water partition coefficient (Wildman–Crippen LogP) is 0.0461. The number of methoxy groups -OCH3 is 1. The number of imide groups is 2. The van der Waals surface area contributed by atoms with Crippen LogP contribution >= 0.6 is 11.3 Å². The molecule has 0 spiro atoms. The fraction of sp³-hybridized carbons (Fsp3) is 0.333. The molecule has 1 aromatic carbocycles. The van der Waals surface area contributed by atoms with Crippen LogP contribution in [0.1, 0.15) is 32.4 Å². The van der Waals surface area contributed by atoms with Crippen molar-refractivity contribution in [1.82, 2.24) is 20.1 Å². The molecule has 11 nitrogen and oxygen atoms in total. The van der Waals surface area contributed by atoms with E-state index in [1.54, 1.807) is 36.1 Å². The topological polar surface area (TPSA) is 139 Å². The summed E-state index contributed by atoms with van der Waals surface area (Å²) in [5.41, 5.74) is 0.857. The monoisotopic (exact) mass is 511 g/mol. The summed E-state index contributed by atoms with van der Waals surface area (Å²) in [5, 5.41) is 4.04. The molecule has 4 rings (SSSR count). The van der Waals surface area contributed by atoms with Crippen LogP contribution in [0, 0.1) is 5.92 Å². The van der Waals surface area contributed by atoms with Gasteiger partial charge in [-0.3, -0.25) is 34.4 Å². The normalized spacial score (nSPS) is 18.4. The smallest absolute Gasteiger partial charge is 0.328 e. The van der Waals surface area contributed by atoms with Gasteiger partial charge in [-0.15, -0.1) is 0 Å². The van der Waals surface area contributed by atoms with Crippen molar-refractivity contribution >= 4 is 41.2 Å². The Morgan fingerprint density at radius 3 is 2.39 bits per heavy atom. The number of thiazole rings is 1. The minimum Gasteiger partial charge on any atom is -0.496 e. The van der Waals surface area contributed by atoms with Gasteiger partial charge in [0, 0.05) is 18.7 Å². The van der Waals surface area contributed by atoms with E-state index >= 15 is 0 Å². The van der Waals surface area contributed by atoms with Gasteiger partial charge in [0.25, 0.3) is 11.5 Å². The summed E-state index contributed by atoms with van der Waals surface area (Å²) in [6.45, 7) is 6.40. The Balaban J connectivity index is 1.96. The van der Waals surface area contributed by atoms with Crippen LogP contribution in [0.3, 0.4) is 0 Å². The highest BCUT2D eigenvalue weighted by molar-refractivity contribution is 7.07. The second-order valence-electron chi connectivity index (χ2n) is 8.11. The van der Waals surface area contributed by atoms with Crippen LogP contribution in [-0.4, -0.2) is 53.4 Å². The molecule has 12 heteroatoms. The van der Waals surface area contributed by atoms with E-state index < -0.39 is 35.4 Å². The molecule has 0 radical (unpaired) electrons. The molecule has 3 heterocycles. The second-order valence-corrected chi connectivity index (χ2v) is 9.12. The summed E-state index contributed by atoms with van der Waals surface area (Å²) in [7, 11) is 1.51. The molecular formula is C24H25N5O6S. The Kier molecular flexibility index (Phi) is 6.88. The number of aromatic nitrogens is 1. The summed E-state index contributed by atoms with van der Waals surface area (Å²) in [6, 6.07) is 5.34. The number of barbiturate groups is 1. The molecule has 36 heavy (non-hydrogen) atoms. The molecule has 1 fully saturated rings. The number of benzene rings is 1. The van der Waals surface area contributed by atoms with Crippen LogP contribution in [0.25, 0.3) is 6.08 Å². The third-order valence-corrected chi connectivity index (χ3v) is 7.09. The lowest BCUT2D eigenvalue weighted by molar-refractivity contribution is -0.133. The van der Waals surface area contributed by atoms with Gasteiger partial charge in [0.2, 0.25) is 11.8 Å². The largest absolute Gasteiger partial charge is 0.496 e. The number of carbonyl (C=O) groups is 4. The molecule has 1 aromatic heterocycles. The average molecular weight is 512 g/mol. The van der Waals surface area contributed by atoms with Crippen LogP contribution in [0.5, 0.6) is 5.75 Å². The van der Waals surface area contributed by atoms with Gasteiger partial charge in [-0.2, -0.15) is 0 Å². The maximum Gasteiger partial charge on any atom is 0.328 e. The molecule has 2 aliphatic heterocycles. The lowest BCUT2D eigenvalue weighted by atomic mass is 9.94. The highest BCUT2D eigenvalue weighted by atomic mass is 32.1. The summed E-state index contributed by atoms with van der Waals surface area (Å²) in [4.78, 5) is 69.7. The first-order valence-electron chi connectivity index (χ1n) is 11.3. The Morgan fingerprint density at radius 1 is 1.14 bits per heavy atom. The molecule has 0 saturated carbocycles. The number of likely N-dealkylation sites (N-methyl/N-ethyl adjacent to an activating group) is 1. The van der Waals surface area contributed by atoms with E-state index in [1.807, 2.05) is 24.5 Å². The Bertz CT molecular complexity index is 1460. The molecule has 5 amide bonds. The van der Waals surface area contributed by atoms with Crippen LogP contribution in [0.2, 0.25) is 0 Å². The van der Waals surface area contributed by atoms with Gasteiger partial charge in [-0.05, 0) is 32.9 Å². The number of allylic oxidation sites excluding steroid dienone is 1. The standard InChI is InChI=1S/C24H25N5O6S/c1-5-28(6-2)22(33)17-12(3)25-24-29(18(17)13-9-7-8-10-15(13)35-4)21(32)16(36-24)11-14-19(30)26-23(34)27-20(14)31/h7-11,14,18H,5-6H2,1-4H3,(H2,26,27,30,31,34)/b16-11-/t18-/m0/s1. The van der Waals surface area contributed by atoms with Crippen molar-refractivity contribution in [1.29, 1.82) is 0 Å². The van der Waals surface area contributed by atoms with E-state index in [4.69, 9.17) is 4.74 Å². The molecular weight excluding hydrogens is 486 g/mol. The van der Waals surface area contributed by atoms with Gasteiger partial charge in [-0.1, -0.05) is 29.5 Å². The lowest BCUT2D eigenvalue weighted by Gasteiger charge is -2.29. The Labute approximate surface area is 209 Å². The number of rotatable bonds is 6. The molecule has 2 aliphatic rings. The molecule has 0 unspecified atom stereocenters. The third-order valence-electron chi connectivity index (χ3n) is 6.09. The number of hydrogen-bond acceptors (Lipinski definition) is 8. The number of urea groups is 1. The fourth-order valence-corrected chi connectivity index (χ4v) is 5.36. The molecule has 0 bridgehead atoms. The van der Waals surface area contributed by atoms with Crippen LogP contribution in [0.15, 0.2) is 45.3 Å². The highest BCUT2D eigenvalue weighted by Gasteiger charge is 2.37. The van der Waals surface area contributed by atoms with E-state index in [0.717, 1.165) is 11.3 Å². The van der Waals surface area contributed by atoms with Crippen molar-refractivity contribution in [3.05, 3.63) is 60.8 Å². The van der Waals surface area contributed by atoms with E-state index in [2.05, 4.69) is 4.99 Å². The number of nitrogens with zero attached hydrogens (tertiary/aromatic N) is 3. The zero-order chi connectivity index (χ0) is 26.1. The number of amides is 5. The van der Waals surface area contributed by atoms with E-state index in [0.29, 0.717) is 40.5 Å². The third kappa shape index (κ3) is 4.24. The van der Waals surface area contributed by atoms with Gasteiger partial charge in [0.05, 0.1) is 22.9 Å². The van der Waals surface area contributed by atoms with Gasteiger partial charge >= 0.3 is 6.03 Å². The van der Waals surface area contributed by atoms with E-state index in [1.165, 1.54) is 17.8 Å². The van der Waals surface area contributed by atoms with Crippen molar-refractivity contribution in [2.75, 3.05) is 20.2 Å². The molecule has 2 aromatic rings. The first-order valence-corrected chi connectivity index (χ1v) is 12.1. The molecule has 1 atom stereocenters. The van der Waals surface area contributed by atoms with Crippen molar-refractivity contribution < 1.29 is 23.9 Å². The maximum atomic E-state index is 13.7. The molecule has 1 saturated heterocycles. The van der Waals surface area contributed by atoms with Crippen molar-refractivity contribution in [3.8, 4) is 5.75 Å². The lowest BCUT2D eigenvalue weighted by Crippen LogP contribution is -2.55. The quantitative estimate of drug-likeness (QED) is 0.526. The zero-order valence-electron chi connectivity index (χ0n) is 20.2. The summed E-state index contributed by atoms with van der Waals surface area (Å²) in [6.07, 6.45) is 1.21. The van der Waals surface area contributed by atoms with Gasteiger partial charge in [0.15, 0.2) is 4.80 Å². The fourth-order valence-electron chi connectivity index (χ4n) is 4.31. The minimum absolute atomic E-state index is 0.0858. The van der Waals surface area contributed by atoms with Gasteiger partial charge < -0.3 is 9.64 Å². The number of fused-ring (bicyclic) bond motifs is 1. The molecule has 2 N–H and O–H groups in total. The summed E-state index contributed by atoms with van der Waals surface area (Å²) >= 11 is 0.993. The number of para-hydroxylation sites is 1.